The molecule has 5 N–H and O–H groups in total. The first-order chi connectivity index (χ1) is 12.5. The number of thioether (sulfide) groups is 1. The first-order valence-electron chi connectivity index (χ1n) is 8.14. The summed E-state index contributed by atoms with van der Waals surface area (Å²) in [5, 5.41) is 21.1. The Morgan fingerprint density at radius 1 is 1.04 bits per heavy atom. The maximum Gasteiger partial charge on any atom is 0.327 e. The number of rotatable bonds is 9. The zero-order valence-corrected chi connectivity index (χ0v) is 15.0. The van der Waals surface area contributed by atoms with Gasteiger partial charge in [0, 0.05) is 11.5 Å². The third kappa shape index (κ3) is 6.42. The van der Waals surface area contributed by atoms with Crippen molar-refractivity contribution in [3.63, 3.8) is 0 Å². The van der Waals surface area contributed by atoms with Gasteiger partial charge in [-0.15, -0.1) is 0 Å². The molecular weight excluding hydrogens is 352 g/mol. The summed E-state index contributed by atoms with van der Waals surface area (Å²) in [6.45, 7) is 0. The highest BCUT2D eigenvalue weighted by atomic mass is 32.2. The van der Waals surface area contributed by atoms with Crippen LogP contribution in [0.3, 0.4) is 0 Å². The van der Waals surface area contributed by atoms with Gasteiger partial charge in [0.15, 0.2) is 0 Å². The van der Waals surface area contributed by atoms with Crippen LogP contribution in [0.4, 0.5) is 0 Å². The summed E-state index contributed by atoms with van der Waals surface area (Å²) in [4.78, 5) is 23.6. The molecule has 0 aromatic heterocycles. The van der Waals surface area contributed by atoms with Crippen LogP contribution >= 0.6 is 11.8 Å². The topological polar surface area (TPSA) is 113 Å². The van der Waals surface area contributed by atoms with E-state index in [9.17, 15) is 19.8 Å². The van der Waals surface area contributed by atoms with Crippen LogP contribution in [0.15, 0.2) is 54.6 Å². The van der Waals surface area contributed by atoms with Gasteiger partial charge in [-0.1, -0.05) is 42.5 Å². The number of carboxylic acids is 1. The van der Waals surface area contributed by atoms with Gasteiger partial charge in [-0.05, 0) is 29.7 Å². The average Bonchev–Trinajstić information content (AvgIpc) is 2.63. The highest BCUT2D eigenvalue weighted by Crippen LogP contribution is 2.14. The molecule has 0 heterocycles. The molecule has 26 heavy (non-hydrogen) atoms. The van der Waals surface area contributed by atoms with E-state index in [-0.39, 0.29) is 17.9 Å². The van der Waals surface area contributed by atoms with E-state index in [1.807, 2.05) is 30.3 Å². The number of hydrogen-bond acceptors (Lipinski definition) is 5. The number of carbonyl (C=O) groups is 2. The largest absolute Gasteiger partial charge is 0.508 e. The second-order valence-electron chi connectivity index (χ2n) is 5.88. The Labute approximate surface area is 156 Å². The van der Waals surface area contributed by atoms with Gasteiger partial charge in [0.1, 0.15) is 11.8 Å². The number of carboxylic acid groups (broad SMARTS) is 1. The van der Waals surface area contributed by atoms with Gasteiger partial charge in [-0.3, -0.25) is 4.79 Å². The number of benzene rings is 2. The van der Waals surface area contributed by atoms with E-state index < -0.39 is 24.0 Å². The lowest BCUT2D eigenvalue weighted by atomic mass is 10.1. The zero-order chi connectivity index (χ0) is 18.9. The normalized spacial score (nSPS) is 13.0. The number of nitrogens with one attached hydrogen (secondary N) is 1. The highest BCUT2D eigenvalue weighted by molar-refractivity contribution is 7.98. The molecule has 138 valence electrons. The fourth-order valence-electron chi connectivity index (χ4n) is 2.30. The molecule has 0 spiro atoms. The van der Waals surface area contributed by atoms with E-state index in [4.69, 9.17) is 5.73 Å². The maximum absolute atomic E-state index is 12.2. The smallest absolute Gasteiger partial charge is 0.327 e. The maximum atomic E-state index is 12.2. The average molecular weight is 374 g/mol. The van der Waals surface area contributed by atoms with Crippen LogP contribution in [0.5, 0.6) is 5.75 Å². The van der Waals surface area contributed by atoms with Gasteiger partial charge in [0.05, 0.1) is 6.04 Å². The van der Waals surface area contributed by atoms with E-state index in [1.165, 1.54) is 23.9 Å². The lowest BCUT2D eigenvalue weighted by molar-refractivity contribution is -0.141. The van der Waals surface area contributed by atoms with Crippen molar-refractivity contribution >= 4 is 23.6 Å². The minimum Gasteiger partial charge on any atom is -0.508 e. The number of phenols is 1. The molecule has 0 radical (unpaired) electrons. The summed E-state index contributed by atoms with van der Waals surface area (Å²) in [5.74, 6) is -0.545. The Bertz CT molecular complexity index is 722. The molecule has 1 amide bonds. The second-order valence-corrected chi connectivity index (χ2v) is 6.91. The molecule has 2 rings (SSSR count). The molecule has 7 heteroatoms. The predicted molar refractivity (Wildman–Crippen MR) is 102 cm³/mol. The summed E-state index contributed by atoms with van der Waals surface area (Å²) in [6, 6.07) is 14.2. The van der Waals surface area contributed by atoms with E-state index in [0.29, 0.717) is 5.75 Å². The third-order valence-corrected chi connectivity index (χ3v) is 4.85. The monoisotopic (exact) mass is 374 g/mol. The summed E-state index contributed by atoms with van der Waals surface area (Å²) >= 11 is 1.44. The SMILES string of the molecule is NC(Cc1ccc(O)cc1)C(=O)NC(CSCc1ccccc1)C(=O)O. The Balaban J connectivity index is 1.84. The Morgan fingerprint density at radius 3 is 2.31 bits per heavy atom. The van der Waals surface area contributed by atoms with Crippen molar-refractivity contribution in [2.75, 3.05) is 5.75 Å². The van der Waals surface area contributed by atoms with Crippen LogP contribution in [0, 0.1) is 0 Å². The molecule has 0 aliphatic rings. The van der Waals surface area contributed by atoms with Crippen LogP contribution in [-0.4, -0.2) is 39.9 Å². The van der Waals surface area contributed by atoms with Gasteiger partial charge in [0.25, 0.3) is 0 Å². The van der Waals surface area contributed by atoms with Gasteiger partial charge < -0.3 is 21.3 Å². The Kier molecular flexibility index (Phi) is 7.50. The molecule has 2 unspecified atom stereocenters. The molecule has 0 bridgehead atoms. The Hall–Kier alpha value is -2.51. The number of carbonyl (C=O) groups excluding carboxylic acids is 1. The quantitative estimate of drug-likeness (QED) is 0.532. The lowest BCUT2D eigenvalue weighted by Crippen LogP contribution is -2.50. The van der Waals surface area contributed by atoms with Crippen LogP contribution < -0.4 is 11.1 Å². The van der Waals surface area contributed by atoms with Gasteiger partial charge >= 0.3 is 5.97 Å². The van der Waals surface area contributed by atoms with E-state index >= 15 is 0 Å². The number of nitrogens with two attached hydrogens (primary N) is 1. The molecular formula is C19H22N2O4S. The van der Waals surface area contributed by atoms with Crippen molar-refractivity contribution in [2.24, 2.45) is 5.73 Å². The number of phenolic OH excluding ortho intramolecular Hbond substituents is 1. The first-order valence-corrected chi connectivity index (χ1v) is 9.29. The number of aromatic hydroxyl groups is 1. The molecule has 0 saturated heterocycles. The molecule has 2 aromatic carbocycles. The minimum atomic E-state index is -1.09. The zero-order valence-electron chi connectivity index (χ0n) is 14.2. The van der Waals surface area contributed by atoms with Crippen LogP contribution in [-0.2, 0) is 21.8 Å². The van der Waals surface area contributed by atoms with Crippen molar-refractivity contribution < 1.29 is 19.8 Å². The van der Waals surface area contributed by atoms with Crippen LogP contribution in [0.1, 0.15) is 11.1 Å². The summed E-state index contributed by atoms with van der Waals surface area (Å²) in [7, 11) is 0. The van der Waals surface area contributed by atoms with Crippen molar-refractivity contribution in [1.82, 2.24) is 5.32 Å². The highest BCUT2D eigenvalue weighted by Gasteiger charge is 2.23. The van der Waals surface area contributed by atoms with Gasteiger partial charge in [0.2, 0.25) is 5.91 Å². The van der Waals surface area contributed by atoms with E-state index in [1.54, 1.807) is 12.1 Å². The molecule has 0 aliphatic carbocycles. The standard InChI is InChI=1S/C19H22N2O4S/c20-16(10-13-6-8-15(22)9-7-13)18(23)21-17(19(24)25)12-26-11-14-4-2-1-3-5-14/h1-9,16-17,22H,10-12,20H2,(H,21,23)(H,24,25). The summed E-state index contributed by atoms with van der Waals surface area (Å²) < 4.78 is 0. The third-order valence-electron chi connectivity index (χ3n) is 3.74. The van der Waals surface area contributed by atoms with Crippen LogP contribution in [0.2, 0.25) is 0 Å². The predicted octanol–water partition coefficient (Wildman–Crippen LogP) is 1.76. The van der Waals surface area contributed by atoms with Crippen molar-refractivity contribution in [2.45, 2.75) is 24.3 Å². The lowest BCUT2D eigenvalue weighted by Gasteiger charge is -2.18. The summed E-state index contributed by atoms with van der Waals surface area (Å²) in [5.41, 5.74) is 7.76. The summed E-state index contributed by atoms with van der Waals surface area (Å²) in [6.07, 6.45) is 0.260. The molecule has 0 saturated carbocycles. The van der Waals surface area contributed by atoms with Gasteiger partial charge in [-0.2, -0.15) is 11.8 Å². The minimum absolute atomic E-state index is 0.133. The van der Waals surface area contributed by atoms with Crippen molar-refractivity contribution in [1.29, 1.82) is 0 Å². The first kappa shape index (κ1) is 19.8. The van der Waals surface area contributed by atoms with Crippen molar-refractivity contribution in [3.8, 4) is 5.75 Å². The molecule has 2 atom stereocenters. The molecule has 0 aliphatic heterocycles. The fraction of sp³-hybridized carbons (Fsp3) is 0.263. The Morgan fingerprint density at radius 2 is 1.69 bits per heavy atom. The van der Waals surface area contributed by atoms with Crippen LogP contribution in [0.25, 0.3) is 0 Å². The number of amides is 1. The molecule has 0 fully saturated rings. The van der Waals surface area contributed by atoms with E-state index in [0.717, 1.165) is 11.1 Å². The number of aliphatic carboxylic acids is 1. The number of hydrogen-bond donors (Lipinski definition) is 4. The second kappa shape index (κ2) is 9.84. The van der Waals surface area contributed by atoms with E-state index in [2.05, 4.69) is 5.32 Å². The van der Waals surface area contributed by atoms with Gasteiger partial charge in [-0.25, -0.2) is 4.79 Å². The van der Waals surface area contributed by atoms with Crippen molar-refractivity contribution in [3.05, 3.63) is 65.7 Å². The molecule has 6 nitrogen and oxygen atoms in total. The molecule has 2 aromatic rings. The fourth-order valence-corrected chi connectivity index (χ4v) is 3.31.